The number of likely N-dealkylation sites (tertiary alicyclic amines) is 1. The Labute approximate surface area is 109 Å². The lowest BCUT2D eigenvalue weighted by Gasteiger charge is -2.36. The molecule has 0 atom stereocenters. The third kappa shape index (κ3) is 2.88. The molecule has 0 aromatic heterocycles. The third-order valence-electron chi connectivity index (χ3n) is 3.79. The molecule has 0 radical (unpaired) electrons. The van der Waals surface area contributed by atoms with Gasteiger partial charge in [-0.1, -0.05) is 0 Å². The van der Waals surface area contributed by atoms with E-state index in [9.17, 15) is 0 Å². The van der Waals surface area contributed by atoms with Crippen LogP contribution in [-0.2, 0) is 0 Å². The van der Waals surface area contributed by atoms with Crippen LogP contribution in [0.15, 0.2) is 18.2 Å². The quantitative estimate of drug-likeness (QED) is 0.830. The summed E-state index contributed by atoms with van der Waals surface area (Å²) in [6.07, 6.45) is 2.40. The maximum absolute atomic E-state index is 5.91. The summed E-state index contributed by atoms with van der Waals surface area (Å²) in [6.45, 7) is 2.32. The van der Waals surface area contributed by atoms with Gasteiger partial charge in [0.2, 0.25) is 0 Å². The van der Waals surface area contributed by atoms with Gasteiger partial charge in [0, 0.05) is 36.6 Å². The van der Waals surface area contributed by atoms with E-state index in [0.29, 0.717) is 6.04 Å². The van der Waals surface area contributed by atoms with Crippen molar-refractivity contribution in [3.8, 4) is 5.75 Å². The third-order valence-corrected chi connectivity index (χ3v) is 3.79. The first kappa shape index (κ1) is 13.0. The summed E-state index contributed by atoms with van der Waals surface area (Å²) in [5, 5.41) is 0. The fourth-order valence-corrected chi connectivity index (χ4v) is 2.52. The smallest absolute Gasteiger partial charge is 0.122 e. The number of hydrogen-bond acceptors (Lipinski definition) is 4. The van der Waals surface area contributed by atoms with Crippen LogP contribution in [0.4, 0.5) is 11.4 Å². The zero-order valence-corrected chi connectivity index (χ0v) is 11.5. The highest BCUT2D eigenvalue weighted by Gasteiger charge is 2.21. The molecule has 0 spiro atoms. The Bertz CT molecular complexity index is 400. The molecule has 0 amide bonds. The Hall–Kier alpha value is -1.42. The zero-order valence-electron chi connectivity index (χ0n) is 11.5. The molecule has 1 aromatic rings. The van der Waals surface area contributed by atoms with Crippen molar-refractivity contribution in [2.45, 2.75) is 18.9 Å². The van der Waals surface area contributed by atoms with Gasteiger partial charge in [0.15, 0.2) is 0 Å². The van der Waals surface area contributed by atoms with Gasteiger partial charge < -0.3 is 20.3 Å². The molecule has 4 heteroatoms. The van der Waals surface area contributed by atoms with Gasteiger partial charge in [-0.25, -0.2) is 0 Å². The van der Waals surface area contributed by atoms with E-state index in [-0.39, 0.29) is 0 Å². The van der Waals surface area contributed by atoms with Crippen molar-refractivity contribution in [3.63, 3.8) is 0 Å². The summed E-state index contributed by atoms with van der Waals surface area (Å²) < 4.78 is 5.28. The van der Waals surface area contributed by atoms with E-state index in [1.165, 1.54) is 12.8 Å². The number of piperidine rings is 1. The van der Waals surface area contributed by atoms with E-state index < -0.39 is 0 Å². The van der Waals surface area contributed by atoms with Crippen molar-refractivity contribution in [1.29, 1.82) is 0 Å². The molecule has 0 aliphatic carbocycles. The topological polar surface area (TPSA) is 41.7 Å². The molecule has 0 unspecified atom stereocenters. The van der Waals surface area contributed by atoms with E-state index in [4.69, 9.17) is 10.5 Å². The predicted octanol–water partition coefficient (Wildman–Crippen LogP) is 1.81. The molecular formula is C14H23N3O. The standard InChI is InChI=1S/C14H23N3O/c1-16-6-4-12(5-7-16)17(2)13-8-11(15)9-14(10-13)18-3/h8-10,12H,4-7,15H2,1-3H3. The van der Waals surface area contributed by atoms with Gasteiger partial charge in [-0.2, -0.15) is 0 Å². The Morgan fingerprint density at radius 3 is 2.56 bits per heavy atom. The van der Waals surface area contributed by atoms with Crippen molar-refractivity contribution in [2.75, 3.05) is 44.9 Å². The summed E-state index contributed by atoms with van der Waals surface area (Å²) in [7, 11) is 6.00. The van der Waals surface area contributed by atoms with Gasteiger partial charge in [0.1, 0.15) is 5.75 Å². The molecule has 4 nitrogen and oxygen atoms in total. The van der Waals surface area contributed by atoms with Crippen molar-refractivity contribution >= 4 is 11.4 Å². The Balaban J connectivity index is 2.12. The second kappa shape index (κ2) is 5.48. The first-order chi connectivity index (χ1) is 8.60. The monoisotopic (exact) mass is 249 g/mol. The van der Waals surface area contributed by atoms with Crippen LogP contribution in [0.25, 0.3) is 0 Å². The van der Waals surface area contributed by atoms with Crippen molar-refractivity contribution in [2.24, 2.45) is 0 Å². The Morgan fingerprint density at radius 2 is 1.94 bits per heavy atom. The number of nitrogens with two attached hydrogens (primary N) is 1. The predicted molar refractivity (Wildman–Crippen MR) is 76.3 cm³/mol. The minimum Gasteiger partial charge on any atom is -0.497 e. The summed E-state index contributed by atoms with van der Waals surface area (Å²) in [6, 6.07) is 6.51. The number of nitrogens with zero attached hydrogens (tertiary/aromatic N) is 2. The van der Waals surface area contributed by atoms with Crippen LogP contribution in [0.2, 0.25) is 0 Å². The first-order valence-electron chi connectivity index (χ1n) is 6.46. The van der Waals surface area contributed by atoms with Crippen molar-refractivity contribution < 1.29 is 4.74 Å². The van der Waals surface area contributed by atoms with E-state index in [2.05, 4.69) is 30.0 Å². The highest BCUT2D eigenvalue weighted by atomic mass is 16.5. The average Bonchev–Trinajstić information content (AvgIpc) is 2.38. The minimum atomic E-state index is 0.590. The number of nitrogen functional groups attached to an aromatic ring is 1. The number of benzene rings is 1. The van der Waals surface area contributed by atoms with E-state index >= 15 is 0 Å². The Morgan fingerprint density at radius 1 is 1.28 bits per heavy atom. The van der Waals surface area contributed by atoms with Gasteiger partial charge in [0.05, 0.1) is 7.11 Å². The summed E-state index contributed by atoms with van der Waals surface area (Å²) in [4.78, 5) is 4.70. The number of rotatable bonds is 3. The largest absolute Gasteiger partial charge is 0.497 e. The molecule has 1 saturated heterocycles. The summed E-state index contributed by atoms with van der Waals surface area (Å²) in [5.41, 5.74) is 7.80. The van der Waals surface area contributed by atoms with Gasteiger partial charge in [-0.05, 0) is 39.0 Å². The number of ether oxygens (including phenoxy) is 1. The van der Waals surface area contributed by atoms with Crippen LogP contribution in [0, 0.1) is 0 Å². The van der Waals surface area contributed by atoms with Crippen LogP contribution in [0.1, 0.15) is 12.8 Å². The lowest BCUT2D eigenvalue weighted by Crippen LogP contribution is -2.42. The van der Waals surface area contributed by atoms with Crippen LogP contribution in [0.5, 0.6) is 5.75 Å². The first-order valence-corrected chi connectivity index (χ1v) is 6.46. The lowest BCUT2D eigenvalue weighted by molar-refractivity contribution is 0.253. The van der Waals surface area contributed by atoms with Gasteiger partial charge in [-0.3, -0.25) is 0 Å². The van der Waals surface area contributed by atoms with Gasteiger partial charge in [0.25, 0.3) is 0 Å². The van der Waals surface area contributed by atoms with Crippen molar-refractivity contribution in [1.82, 2.24) is 4.90 Å². The Kier molecular flexibility index (Phi) is 3.97. The van der Waals surface area contributed by atoms with Crippen LogP contribution < -0.4 is 15.4 Å². The summed E-state index contributed by atoms with van der Waals surface area (Å²) in [5.74, 6) is 0.824. The fourth-order valence-electron chi connectivity index (χ4n) is 2.52. The minimum absolute atomic E-state index is 0.590. The normalized spacial score (nSPS) is 17.7. The fraction of sp³-hybridized carbons (Fsp3) is 0.571. The number of methoxy groups -OCH3 is 1. The molecule has 2 rings (SSSR count). The maximum Gasteiger partial charge on any atom is 0.122 e. The molecule has 0 bridgehead atoms. The van der Waals surface area contributed by atoms with Gasteiger partial charge in [-0.15, -0.1) is 0 Å². The van der Waals surface area contributed by atoms with Crippen molar-refractivity contribution in [3.05, 3.63) is 18.2 Å². The molecule has 1 aromatic carbocycles. The van der Waals surface area contributed by atoms with E-state index in [1.807, 2.05) is 12.1 Å². The molecule has 1 fully saturated rings. The average molecular weight is 249 g/mol. The van der Waals surface area contributed by atoms with E-state index in [1.54, 1.807) is 7.11 Å². The zero-order chi connectivity index (χ0) is 13.1. The van der Waals surface area contributed by atoms with Gasteiger partial charge >= 0.3 is 0 Å². The molecular weight excluding hydrogens is 226 g/mol. The lowest BCUT2D eigenvalue weighted by atomic mass is 10.0. The molecule has 18 heavy (non-hydrogen) atoms. The highest BCUT2D eigenvalue weighted by Crippen LogP contribution is 2.28. The van der Waals surface area contributed by atoms with E-state index in [0.717, 1.165) is 30.2 Å². The number of anilines is 2. The molecule has 0 saturated carbocycles. The number of hydrogen-bond donors (Lipinski definition) is 1. The molecule has 1 aliphatic rings. The highest BCUT2D eigenvalue weighted by molar-refractivity contribution is 5.60. The molecule has 2 N–H and O–H groups in total. The summed E-state index contributed by atoms with van der Waals surface area (Å²) >= 11 is 0. The van der Waals surface area contributed by atoms with Crippen LogP contribution in [0.3, 0.4) is 0 Å². The second-order valence-corrected chi connectivity index (χ2v) is 5.11. The molecule has 1 aliphatic heterocycles. The molecule has 1 heterocycles. The second-order valence-electron chi connectivity index (χ2n) is 5.11. The molecule has 100 valence electrons. The SMILES string of the molecule is COc1cc(N)cc(N(C)C2CCN(C)CC2)c1. The van der Waals surface area contributed by atoms with Crippen LogP contribution in [-0.4, -0.2) is 45.2 Å². The maximum atomic E-state index is 5.91. The van der Waals surface area contributed by atoms with Crippen LogP contribution >= 0.6 is 0 Å².